The van der Waals surface area contributed by atoms with Crippen LogP contribution in [0.5, 0.6) is 23.0 Å². The normalized spacial score (nSPS) is 12.5. The third-order valence-electron chi connectivity index (χ3n) is 7.66. The third-order valence-corrected chi connectivity index (χ3v) is 7.83. The highest BCUT2D eigenvalue weighted by molar-refractivity contribution is 6.28. The van der Waals surface area contributed by atoms with Crippen molar-refractivity contribution in [2.75, 3.05) is 13.2 Å². The summed E-state index contributed by atoms with van der Waals surface area (Å²) in [4.78, 5) is 37.5. The molecule has 0 bridgehead atoms. The number of hydrogen-bond donors (Lipinski definition) is 2. The summed E-state index contributed by atoms with van der Waals surface area (Å²) in [6.45, 7) is 12.6. The Labute approximate surface area is 294 Å². The molecule has 268 valence electrons. The maximum Gasteiger partial charge on any atom is 0.347 e. The largest absolute Gasteiger partial charge is 0.507 e. The first-order chi connectivity index (χ1) is 23.3. The predicted octanol–water partition coefficient (Wildman–Crippen LogP) is 8.32. The smallest absolute Gasteiger partial charge is 0.347 e. The number of benzene rings is 2. The fraction of sp³-hybridized carbons (Fsp3) is 0.541. The standard InChI is InChI=1S/C37H50ClN3O8/c1-23(2)13-9-7-11-19-46-35(44)25(5)48-27-15-17-29(31(42)21-27)33-39-34(41-37(38)40-33)30-18-16-28(22-32(30)43)49-26(6)36(45)47-20-12-8-10-14-24(3)4/h15-18,21-26,42-43H,7-14,19-20H2,1-6H3. The number of aromatic hydroxyl groups is 2. The van der Waals surface area contributed by atoms with Crippen LogP contribution in [0.2, 0.25) is 5.28 Å². The number of carbonyl (C=O) groups excluding carboxylic acids is 2. The Morgan fingerprint density at radius 2 is 1.04 bits per heavy atom. The van der Waals surface area contributed by atoms with Crippen LogP contribution in [0.15, 0.2) is 36.4 Å². The Morgan fingerprint density at radius 1 is 0.633 bits per heavy atom. The van der Waals surface area contributed by atoms with Crippen LogP contribution in [-0.2, 0) is 19.1 Å². The van der Waals surface area contributed by atoms with E-state index < -0.39 is 24.1 Å². The second-order valence-electron chi connectivity index (χ2n) is 13.0. The number of esters is 2. The number of hydrogen-bond acceptors (Lipinski definition) is 11. The number of ether oxygens (including phenoxy) is 4. The molecule has 2 N–H and O–H groups in total. The van der Waals surface area contributed by atoms with Crippen molar-refractivity contribution in [1.29, 1.82) is 0 Å². The molecule has 1 heterocycles. The van der Waals surface area contributed by atoms with E-state index in [1.165, 1.54) is 24.3 Å². The van der Waals surface area contributed by atoms with Gasteiger partial charge in [0.2, 0.25) is 5.28 Å². The van der Waals surface area contributed by atoms with Gasteiger partial charge in [-0.1, -0.05) is 66.2 Å². The number of rotatable bonds is 20. The van der Waals surface area contributed by atoms with E-state index in [4.69, 9.17) is 30.5 Å². The summed E-state index contributed by atoms with van der Waals surface area (Å²) < 4.78 is 22.1. The maximum atomic E-state index is 12.4. The maximum absolute atomic E-state index is 12.4. The van der Waals surface area contributed by atoms with Crippen LogP contribution in [0.3, 0.4) is 0 Å². The molecule has 0 saturated carbocycles. The van der Waals surface area contributed by atoms with Gasteiger partial charge in [0, 0.05) is 12.1 Å². The summed E-state index contributed by atoms with van der Waals surface area (Å²) in [5.41, 5.74) is 0.447. The zero-order chi connectivity index (χ0) is 35.9. The quantitative estimate of drug-likeness (QED) is 0.0865. The SMILES string of the molecule is CC(C)CCCCCOC(=O)C(C)Oc1ccc(-c2nc(Cl)nc(-c3ccc(OC(C)C(=O)OCCCCCC(C)C)cc3O)n2)c(O)c1. The lowest BCUT2D eigenvalue weighted by molar-refractivity contribution is -0.152. The van der Waals surface area contributed by atoms with Gasteiger partial charge in [0.1, 0.15) is 23.0 Å². The summed E-state index contributed by atoms with van der Waals surface area (Å²) >= 11 is 6.21. The fourth-order valence-corrected chi connectivity index (χ4v) is 5.05. The highest BCUT2D eigenvalue weighted by atomic mass is 35.5. The second-order valence-corrected chi connectivity index (χ2v) is 13.3. The Bertz CT molecular complexity index is 1410. The van der Waals surface area contributed by atoms with E-state index in [0.29, 0.717) is 25.0 Å². The van der Waals surface area contributed by atoms with E-state index in [2.05, 4.69) is 42.6 Å². The summed E-state index contributed by atoms with van der Waals surface area (Å²) in [6, 6.07) is 8.84. The van der Waals surface area contributed by atoms with E-state index in [1.807, 2.05) is 0 Å². The lowest BCUT2D eigenvalue weighted by atomic mass is 10.1. The Morgan fingerprint density at radius 3 is 1.41 bits per heavy atom. The molecule has 3 aromatic rings. The molecule has 0 radical (unpaired) electrons. The van der Waals surface area contributed by atoms with Crippen molar-refractivity contribution < 1.29 is 38.7 Å². The molecule has 0 fully saturated rings. The molecule has 0 spiro atoms. The molecular formula is C37H50ClN3O8. The minimum atomic E-state index is -0.882. The van der Waals surface area contributed by atoms with Crippen LogP contribution < -0.4 is 9.47 Å². The van der Waals surface area contributed by atoms with Gasteiger partial charge in [-0.05, 0) is 74.4 Å². The molecule has 49 heavy (non-hydrogen) atoms. The number of phenolic OH excluding ortho intramolecular Hbond substituents is 2. The Kier molecular flexibility index (Phi) is 15.9. The lowest BCUT2D eigenvalue weighted by Gasteiger charge is -2.15. The Hall–Kier alpha value is -4.12. The van der Waals surface area contributed by atoms with Gasteiger partial charge in [0.25, 0.3) is 0 Å². The van der Waals surface area contributed by atoms with Gasteiger partial charge in [-0.25, -0.2) is 14.6 Å². The van der Waals surface area contributed by atoms with Crippen molar-refractivity contribution in [1.82, 2.24) is 15.0 Å². The number of phenols is 2. The minimum Gasteiger partial charge on any atom is -0.507 e. The predicted molar refractivity (Wildman–Crippen MR) is 188 cm³/mol. The molecular weight excluding hydrogens is 650 g/mol. The van der Waals surface area contributed by atoms with Gasteiger partial charge in [-0.3, -0.25) is 0 Å². The van der Waals surface area contributed by atoms with Crippen LogP contribution in [0.1, 0.15) is 92.9 Å². The molecule has 11 nitrogen and oxygen atoms in total. The van der Waals surface area contributed by atoms with Crippen molar-refractivity contribution in [2.24, 2.45) is 11.8 Å². The van der Waals surface area contributed by atoms with Gasteiger partial charge in [0.15, 0.2) is 23.9 Å². The topological polar surface area (TPSA) is 150 Å². The first kappa shape index (κ1) is 39.3. The summed E-state index contributed by atoms with van der Waals surface area (Å²) in [5.74, 6) is 0.471. The minimum absolute atomic E-state index is 0.0456. The van der Waals surface area contributed by atoms with E-state index >= 15 is 0 Å². The van der Waals surface area contributed by atoms with E-state index in [1.54, 1.807) is 26.0 Å². The van der Waals surface area contributed by atoms with Crippen LogP contribution >= 0.6 is 11.6 Å². The van der Waals surface area contributed by atoms with Crippen molar-refractivity contribution in [3.63, 3.8) is 0 Å². The average molecular weight is 700 g/mol. The number of unbranched alkanes of at least 4 members (excludes halogenated alkanes) is 4. The van der Waals surface area contributed by atoms with Crippen LogP contribution in [0.4, 0.5) is 0 Å². The number of carbonyl (C=O) groups is 2. The van der Waals surface area contributed by atoms with Gasteiger partial charge in [-0.2, -0.15) is 9.97 Å². The van der Waals surface area contributed by atoms with Crippen molar-refractivity contribution in [2.45, 2.75) is 105 Å². The molecule has 0 aliphatic heterocycles. The molecule has 0 aliphatic carbocycles. The molecule has 2 atom stereocenters. The lowest BCUT2D eigenvalue weighted by Crippen LogP contribution is -2.26. The zero-order valence-corrected chi connectivity index (χ0v) is 30.2. The monoisotopic (exact) mass is 699 g/mol. The third kappa shape index (κ3) is 13.4. The number of aromatic nitrogens is 3. The van der Waals surface area contributed by atoms with Gasteiger partial charge >= 0.3 is 11.9 Å². The highest BCUT2D eigenvalue weighted by Gasteiger charge is 2.21. The van der Waals surface area contributed by atoms with Gasteiger partial charge in [0.05, 0.1) is 24.3 Å². The van der Waals surface area contributed by atoms with Crippen molar-refractivity contribution in [3.05, 3.63) is 41.7 Å². The molecule has 2 aromatic carbocycles. The summed E-state index contributed by atoms with van der Waals surface area (Å²) in [7, 11) is 0. The van der Waals surface area contributed by atoms with Gasteiger partial charge < -0.3 is 29.2 Å². The first-order valence-corrected chi connectivity index (χ1v) is 17.5. The Balaban J connectivity index is 1.60. The summed E-state index contributed by atoms with van der Waals surface area (Å²) in [6.07, 6.45) is 6.30. The van der Waals surface area contributed by atoms with Crippen molar-refractivity contribution in [3.8, 4) is 45.8 Å². The van der Waals surface area contributed by atoms with Gasteiger partial charge in [-0.15, -0.1) is 0 Å². The van der Waals surface area contributed by atoms with E-state index in [-0.39, 0.29) is 51.1 Å². The molecule has 0 saturated heterocycles. The second kappa shape index (κ2) is 19.8. The average Bonchev–Trinajstić information content (AvgIpc) is 3.03. The molecule has 12 heteroatoms. The molecule has 0 amide bonds. The van der Waals surface area contributed by atoms with E-state index in [0.717, 1.165) is 51.4 Å². The molecule has 3 rings (SSSR count). The van der Waals surface area contributed by atoms with Crippen LogP contribution in [0.25, 0.3) is 22.8 Å². The first-order valence-electron chi connectivity index (χ1n) is 17.1. The molecule has 0 aliphatic rings. The summed E-state index contributed by atoms with van der Waals surface area (Å²) in [5, 5.41) is 21.4. The van der Waals surface area contributed by atoms with Crippen LogP contribution in [0, 0.1) is 11.8 Å². The van der Waals surface area contributed by atoms with Crippen LogP contribution in [-0.4, -0.2) is 62.5 Å². The molecule has 1 aromatic heterocycles. The zero-order valence-electron chi connectivity index (χ0n) is 29.4. The number of nitrogens with zero attached hydrogens (tertiary/aromatic N) is 3. The number of halogens is 1. The van der Waals surface area contributed by atoms with Crippen molar-refractivity contribution >= 4 is 23.5 Å². The van der Waals surface area contributed by atoms with E-state index in [9.17, 15) is 19.8 Å². The molecule has 2 unspecified atom stereocenters. The fourth-order valence-electron chi connectivity index (χ4n) is 4.89. The highest BCUT2D eigenvalue weighted by Crippen LogP contribution is 2.35.